The maximum Gasteiger partial charge on any atom is 0.272 e. The summed E-state index contributed by atoms with van der Waals surface area (Å²) in [5, 5.41) is 0. The highest BCUT2D eigenvalue weighted by Gasteiger charge is 2.26. The second-order valence-electron chi connectivity index (χ2n) is 6.23. The van der Waals surface area contributed by atoms with Crippen LogP contribution in [0.25, 0.3) is 0 Å². The number of hydrogen-bond donors (Lipinski definition) is 0. The first-order valence-electron chi connectivity index (χ1n) is 8.16. The van der Waals surface area contributed by atoms with Crippen molar-refractivity contribution in [1.29, 1.82) is 0 Å². The van der Waals surface area contributed by atoms with Gasteiger partial charge in [0.15, 0.2) is 0 Å². The van der Waals surface area contributed by atoms with E-state index in [0.717, 1.165) is 18.9 Å². The summed E-state index contributed by atoms with van der Waals surface area (Å²) in [6.07, 6.45) is 0.292. The molecule has 2 fully saturated rings. The van der Waals surface area contributed by atoms with E-state index in [-0.39, 0.29) is 18.1 Å². The highest BCUT2D eigenvalue weighted by molar-refractivity contribution is 5.93. The van der Waals surface area contributed by atoms with Crippen LogP contribution in [-0.4, -0.2) is 72.4 Å². The average molecular weight is 320 g/mol. The number of amides is 1. The molecule has 23 heavy (non-hydrogen) atoms. The first kappa shape index (κ1) is 16.1. The van der Waals surface area contributed by atoms with E-state index in [0.29, 0.717) is 37.8 Å². The molecule has 2 atom stereocenters. The maximum atomic E-state index is 12.7. The van der Waals surface area contributed by atoms with Crippen LogP contribution in [0.5, 0.6) is 0 Å². The van der Waals surface area contributed by atoms with Gasteiger partial charge in [0.2, 0.25) is 0 Å². The van der Waals surface area contributed by atoms with Crippen LogP contribution < -0.4 is 4.90 Å². The van der Waals surface area contributed by atoms with E-state index in [1.165, 1.54) is 0 Å². The Hall–Kier alpha value is -1.73. The molecule has 0 unspecified atom stereocenters. The predicted octanol–water partition coefficient (Wildman–Crippen LogP) is 0.871. The van der Waals surface area contributed by atoms with E-state index in [9.17, 15) is 4.79 Å². The van der Waals surface area contributed by atoms with Gasteiger partial charge in [-0.2, -0.15) is 0 Å². The van der Waals surface area contributed by atoms with Crippen molar-refractivity contribution in [2.24, 2.45) is 0 Å². The standard InChI is InChI=1S/C16H24N4O3/c1-11-9-20(10-12(2)23-11)15-8-14(17-13(3)18-15)16(21)19-4-6-22-7-5-19/h8,11-12H,4-7,9-10H2,1-3H3/t11-,12+. The average Bonchev–Trinajstić information content (AvgIpc) is 2.53. The summed E-state index contributed by atoms with van der Waals surface area (Å²) < 4.78 is 11.1. The summed E-state index contributed by atoms with van der Waals surface area (Å²) in [6, 6.07) is 1.80. The van der Waals surface area contributed by atoms with Gasteiger partial charge in [-0.05, 0) is 20.8 Å². The normalized spacial score (nSPS) is 25.5. The number of carbonyl (C=O) groups excluding carboxylic acids is 1. The second kappa shape index (κ2) is 6.80. The van der Waals surface area contributed by atoms with Crippen molar-refractivity contribution >= 4 is 11.7 Å². The van der Waals surface area contributed by atoms with Gasteiger partial charge in [-0.3, -0.25) is 4.79 Å². The van der Waals surface area contributed by atoms with E-state index in [1.54, 1.807) is 11.0 Å². The van der Waals surface area contributed by atoms with Crippen molar-refractivity contribution in [3.8, 4) is 0 Å². The van der Waals surface area contributed by atoms with Gasteiger partial charge in [0.05, 0.1) is 25.4 Å². The first-order chi connectivity index (χ1) is 11.0. The summed E-state index contributed by atoms with van der Waals surface area (Å²) in [4.78, 5) is 25.5. The van der Waals surface area contributed by atoms with E-state index in [4.69, 9.17) is 9.47 Å². The lowest BCUT2D eigenvalue weighted by molar-refractivity contribution is -0.00548. The summed E-state index contributed by atoms with van der Waals surface area (Å²) in [5.41, 5.74) is 0.459. The predicted molar refractivity (Wildman–Crippen MR) is 85.7 cm³/mol. The third-order valence-electron chi connectivity index (χ3n) is 4.09. The largest absolute Gasteiger partial charge is 0.378 e. The Morgan fingerprint density at radius 2 is 1.83 bits per heavy atom. The van der Waals surface area contributed by atoms with Crippen LogP contribution in [0.2, 0.25) is 0 Å². The third-order valence-corrected chi connectivity index (χ3v) is 4.09. The van der Waals surface area contributed by atoms with Crippen molar-refractivity contribution in [2.75, 3.05) is 44.3 Å². The molecule has 1 aromatic rings. The zero-order valence-electron chi connectivity index (χ0n) is 14.0. The van der Waals surface area contributed by atoms with Gasteiger partial charge in [-0.15, -0.1) is 0 Å². The number of rotatable bonds is 2. The Kier molecular flexibility index (Phi) is 4.77. The van der Waals surface area contributed by atoms with Crippen LogP contribution in [0.4, 0.5) is 5.82 Å². The Bertz CT molecular complexity index is 564. The minimum atomic E-state index is -0.0468. The molecule has 7 heteroatoms. The number of morpholine rings is 2. The number of aromatic nitrogens is 2. The molecule has 2 aliphatic rings. The van der Waals surface area contributed by atoms with Gasteiger partial charge in [0, 0.05) is 32.2 Å². The van der Waals surface area contributed by atoms with Crippen molar-refractivity contribution in [3.05, 3.63) is 17.6 Å². The molecule has 7 nitrogen and oxygen atoms in total. The highest BCUT2D eigenvalue weighted by Crippen LogP contribution is 2.20. The van der Waals surface area contributed by atoms with Gasteiger partial charge >= 0.3 is 0 Å². The number of hydrogen-bond acceptors (Lipinski definition) is 6. The van der Waals surface area contributed by atoms with Crippen LogP contribution in [0, 0.1) is 6.92 Å². The monoisotopic (exact) mass is 320 g/mol. The molecule has 3 rings (SSSR count). The van der Waals surface area contributed by atoms with Crippen molar-refractivity contribution in [2.45, 2.75) is 33.0 Å². The number of nitrogens with zero attached hydrogens (tertiary/aromatic N) is 4. The molecule has 0 aliphatic carbocycles. The zero-order chi connectivity index (χ0) is 16.4. The number of ether oxygens (including phenoxy) is 2. The molecule has 0 radical (unpaired) electrons. The van der Waals surface area contributed by atoms with Gasteiger partial charge in [0.1, 0.15) is 17.3 Å². The molecule has 0 aromatic carbocycles. The molecular formula is C16H24N4O3. The number of anilines is 1. The smallest absolute Gasteiger partial charge is 0.272 e. The van der Waals surface area contributed by atoms with Gasteiger partial charge in [-0.25, -0.2) is 9.97 Å². The fraction of sp³-hybridized carbons (Fsp3) is 0.688. The summed E-state index contributed by atoms with van der Waals surface area (Å²) >= 11 is 0. The van der Waals surface area contributed by atoms with Crippen LogP contribution in [0.3, 0.4) is 0 Å². The van der Waals surface area contributed by atoms with Crippen LogP contribution in [-0.2, 0) is 9.47 Å². The SMILES string of the molecule is Cc1nc(C(=O)N2CCOCC2)cc(N2C[C@@H](C)O[C@@H](C)C2)n1. The summed E-state index contributed by atoms with van der Waals surface area (Å²) in [6.45, 7) is 9.87. The fourth-order valence-corrected chi connectivity index (χ4v) is 3.12. The van der Waals surface area contributed by atoms with Crippen molar-refractivity contribution < 1.29 is 14.3 Å². The molecule has 0 N–H and O–H groups in total. The molecule has 1 amide bonds. The Labute approximate surface area is 136 Å². The Morgan fingerprint density at radius 1 is 1.17 bits per heavy atom. The van der Waals surface area contributed by atoms with E-state index in [1.807, 2.05) is 6.92 Å². The molecule has 0 saturated carbocycles. The molecule has 1 aromatic heterocycles. The van der Waals surface area contributed by atoms with Crippen LogP contribution in [0.1, 0.15) is 30.2 Å². The van der Waals surface area contributed by atoms with Crippen molar-refractivity contribution in [3.63, 3.8) is 0 Å². The second-order valence-corrected chi connectivity index (χ2v) is 6.23. The van der Waals surface area contributed by atoms with Gasteiger partial charge in [0.25, 0.3) is 5.91 Å². The summed E-state index contributed by atoms with van der Waals surface area (Å²) in [5.74, 6) is 1.37. The minimum Gasteiger partial charge on any atom is -0.378 e. The van der Waals surface area contributed by atoms with Gasteiger partial charge in [-0.1, -0.05) is 0 Å². The van der Waals surface area contributed by atoms with E-state index >= 15 is 0 Å². The molecule has 2 saturated heterocycles. The van der Waals surface area contributed by atoms with Crippen molar-refractivity contribution in [1.82, 2.24) is 14.9 Å². The molecule has 0 spiro atoms. The molecule has 0 bridgehead atoms. The Balaban J connectivity index is 1.82. The third kappa shape index (κ3) is 3.79. The molecular weight excluding hydrogens is 296 g/mol. The van der Waals surface area contributed by atoms with Gasteiger partial charge < -0.3 is 19.3 Å². The lowest BCUT2D eigenvalue weighted by Crippen LogP contribution is -2.46. The summed E-state index contributed by atoms with van der Waals surface area (Å²) in [7, 11) is 0. The molecule has 2 aliphatic heterocycles. The fourth-order valence-electron chi connectivity index (χ4n) is 3.12. The Morgan fingerprint density at radius 3 is 2.48 bits per heavy atom. The van der Waals surface area contributed by atoms with Crippen LogP contribution in [0.15, 0.2) is 6.07 Å². The quantitative estimate of drug-likeness (QED) is 0.805. The topological polar surface area (TPSA) is 67.8 Å². The first-order valence-corrected chi connectivity index (χ1v) is 8.16. The van der Waals surface area contributed by atoms with E-state index < -0.39 is 0 Å². The lowest BCUT2D eigenvalue weighted by Gasteiger charge is -2.36. The molecule has 126 valence electrons. The highest BCUT2D eigenvalue weighted by atomic mass is 16.5. The number of carbonyl (C=O) groups is 1. The number of aryl methyl sites for hydroxylation is 1. The molecule has 3 heterocycles. The minimum absolute atomic E-state index is 0.0468. The van der Waals surface area contributed by atoms with E-state index in [2.05, 4.69) is 28.7 Å². The lowest BCUT2D eigenvalue weighted by atomic mass is 10.2. The maximum absolute atomic E-state index is 12.7. The zero-order valence-corrected chi connectivity index (χ0v) is 14.0. The van der Waals surface area contributed by atoms with Crippen LogP contribution >= 0.6 is 0 Å².